The summed E-state index contributed by atoms with van der Waals surface area (Å²) in [5.74, 6) is -0.951. The Morgan fingerprint density at radius 2 is 1.92 bits per heavy atom. The van der Waals surface area contributed by atoms with Crippen LogP contribution in [0.25, 0.3) is 0 Å². The third kappa shape index (κ3) is 5.75. The highest BCUT2D eigenvalue weighted by Crippen LogP contribution is 2.17. The number of hydrogen-bond donors (Lipinski definition) is 1. The minimum atomic E-state index is -0.677. The van der Waals surface area contributed by atoms with Gasteiger partial charge in [0.15, 0.2) is 6.61 Å². The minimum Gasteiger partial charge on any atom is -0.493 e. The first-order chi connectivity index (χ1) is 12.1. The van der Waals surface area contributed by atoms with Gasteiger partial charge in [-0.25, -0.2) is 0 Å². The average Bonchev–Trinajstić information content (AvgIpc) is 2.65. The largest absolute Gasteiger partial charge is 0.493 e. The first-order valence-corrected chi connectivity index (χ1v) is 8.13. The van der Waals surface area contributed by atoms with E-state index in [0.29, 0.717) is 44.2 Å². The summed E-state index contributed by atoms with van der Waals surface area (Å²) in [7, 11) is 0. The lowest BCUT2D eigenvalue weighted by molar-refractivity contribution is -0.152. The Kier molecular flexibility index (Phi) is 7.21. The molecule has 1 saturated heterocycles. The van der Waals surface area contributed by atoms with Crippen molar-refractivity contribution in [3.8, 4) is 5.75 Å². The number of nitrogens with zero attached hydrogens (tertiary/aromatic N) is 1. The number of carbonyl (C=O) groups excluding carboxylic acids is 3. The number of nitrogens with one attached hydrogen (secondary N) is 1. The fraction of sp³-hybridized carbons (Fsp3) is 0.471. The highest BCUT2D eigenvalue weighted by molar-refractivity contribution is 5.98. The van der Waals surface area contributed by atoms with Crippen LogP contribution >= 0.6 is 0 Å². The fourth-order valence-corrected chi connectivity index (χ4v) is 2.28. The summed E-state index contributed by atoms with van der Waals surface area (Å²) in [6.07, 6.45) is 0. The molecule has 1 aliphatic rings. The van der Waals surface area contributed by atoms with E-state index in [1.807, 2.05) is 6.92 Å². The zero-order chi connectivity index (χ0) is 18.1. The van der Waals surface area contributed by atoms with Gasteiger partial charge in [-0.3, -0.25) is 14.4 Å². The molecule has 0 aliphatic carbocycles. The number of hydrogen-bond acceptors (Lipinski definition) is 6. The molecule has 8 nitrogen and oxygen atoms in total. The third-order valence-electron chi connectivity index (χ3n) is 3.55. The number of benzene rings is 1. The smallest absolute Gasteiger partial charge is 0.325 e. The maximum Gasteiger partial charge on any atom is 0.325 e. The molecular formula is C17H22N2O6. The predicted molar refractivity (Wildman–Crippen MR) is 88.3 cm³/mol. The second-order valence-corrected chi connectivity index (χ2v) is 5.27. The van der Waals surface area contributed by atoms with E-state index in [1.165, 1.54) is 0 Å². The molecule has 0 spiro atoms. The zero-order valence-corrected chi connectivity index (χ0v) is 14.2. The Morgan fingerprint density at radius 3 is 2.64 bits per heavy atom. The number of amides is 2. The van der Waals surface area contributed by atoms with Gasteiger partial charge in [-0.1, -0.05) is 12.1 Å². The summed E-state index contributed by atoms with van der Waals surface area (Å²) < 4.78 is 15.4. The second kappa shape index (κ2) is 9.63. The Bertz CT molecular complexity index is 613. The molecule has 1 aliphatic heterocycles. The van der Waals surface area contributed by atoms with Gasteiger partial charge in [0.05, 0.1) is 25.4 Å². The first kappa shape index (κ1) is 18.7. The Hall–Kier alpha value is -2.61. The van der Waals surface area contributed by atoms with Gasteiger partial charge in [0.2, 0.25) is 0 Å². The summed E-state index contributed by atoms with van der Waals surface area (Å²) in [4.78, 5) is 37.3. The zero-order valence-electron chi connectivity index (χ0n) is 14.2. The lowest BCUT2D eigenvalue weighted by atomic mass is 10.2. The highest BCUT2D eigenvalue weighted by Gasteiger charge is 2.19. The van der Waals surface area contributed by atoms with E-state index in [2.05, 4.69) is 5.32 Å². The van der Waals surface area contributed by atoms with Crippen LogP contribution < -0.4 is 10.1 Å². The summed E-state index contributed by atoms with van der Waals surface area (Å²) >= 11 is 0. The number of ether oxygens (including phenoxy) is 3. The van der Waals surface area contributed by atoms with Crippen molar-refractivity contribution in [2.75, 3.05) is 46.1 Å². The van der Waals surface area contributed by atoms with Crippen LogP contribution in [0.4, 0.5) is 0 Å². The lowest BCUT2D eigenvalue weighted by Gasteiger charge is -2.26. The number of morpholine rings is 1. The second-order valence-electron chi connectivity index (χ2n) is 5.27. The van der Waals surface area contributed by atoms with Gasteiger partial charge in [0.1, 0.15) is 12.3 Å². The summed E-state index contributed by atoms with van der Waals surface area (Å²) in [5, 5.41) is 2.46. The molecule has 0 saturated carbocycles. The van der Waals surface area contributed by atoms with Crippen molar-refractivity contribution in [1.82, 2.24) is 10.2 Å². The van der Waals surface area contributed by atoms with Gasteiger partial charge in [0.25, 0.3) is 11.8 Å². The first-order valence-electron chi connectivity index (χ1n) is 8.13. The van der Waals surface area contributed by atoms with Crippen molar-refractivity contribution in [3.63, 3.8) is 0 Å². The van der Waals surface area contributed by atoms with Crippen molar-refractivity contribution in [3.05, 3.63) is 29.8 Å². The van der Waals surface area contributed by atoms with E-state index >= 15 is 0 Å². The van der Waals surface area contributed by atoms with E-state index in [0.717, 1.165) is 0 Å². The van der Waals surface area contributed by atoms with Gasteiger partial charge >= 0.3 is 5.97 Å². The van der Waals surface area contributed by atoms with Crippen LogP contribution in [0.3, 0.4) is 0 Å². The van der Waals surface area contributed by atoms with Crippen LogP contribution in [0.1, 0.15) is 17.3 Å². The highest BCUT2D eigenvalue weighted by atomic mass is 16.5. The molecule has 8 heteroatoms. The number of esters is 1. The third-order valence-corrected chi connectivity index (χ3v) is 3.55. The van der Waals surface area contributed by atoms with E-state index in [-0.39, 0.29) is 19.1 Å². The maximum absolute atomic E-state index is 12.1. The molecule has 1 aromatic rings. The van der Waals surface area contributed by atoms with Crippen LogP contribution in [0.5, 0.6) is 5.75 Å². The SMILES string of the molecule is CCOc1ccccc1C(=O)NCC(=O)OCC(=O)N1CCOCC1. The molecular weight excluding hydrogens is 328 g/mol. The molecule has 1 heterocycles. The molecule has 1 fully saturated rings. The van der Waals surface area contributed by atoms with Gasteiger partial charge < -0.3 is 24.4 Å². The van der Waals surface area contributed by atoms with Crippen LogP contribution in [-0.2, 0) is 19.1 Å². The van der Waals surface area contributed by atoms with Crippen molar-refractivity contribution in [2.45, 2.75) is 6.92 Å². The van der Waals surface area contributed by atoms with E-state index in [4.69, 9.17) is 14.2 Å². The van der Waals surface area contributed by atoms with Gasteiger partial charge in [0, 0.05) is 13.1 Å². The molecule has 2 amide bonds. The van der Waals surface area contributed by atoms with Gasteiger partial charge in [-0.2, -0.15) is 0 Å². The molecule has 0 unspecified atom stereocenters. The molecule has 0 radical (unpaired) electrons. The van der Waals surface area contributed by atoms with E-state index < -0.39 is 11.9 Å². The summed E-state index contributed by atoms with van der Waals surface area (Å²) in [6.45, 7) is 3.51. The Morgan fingerprint density at radius 1 is 1.20 bits per heavy atom. The summed E-state index contributed by atoms with van der Waals surface area (Å²) in [5.41, 5.74) is 0.335. The van der Waals surface area contributed by atoms with E-state index in [9.17, 15) is 14.4 Å². The average molecular weight is 350 g/mol. The predicted octanol–water partition coefficient (Wildman–Crippen LogP) is 0.217. The molecule has 0 bridgehead atoms. The lowest BCUT2D eigenvalue weighted by Crippen LogP contribution is -2.43. The normalized spacial score (nSPS) is 13.9. The molecule has 1 aromatic carbocycles. The van der Waals surface area contributed by atoms with Crippen molar-refractivity contribution in [1.29, 1.82) is 0 Å². The topological polar surface area (TPSA) is 94.2 Å². The summed E-state index contributed by atoms with van der Waals surface area (Å²) in [6, 6.07) is 6.75. The molecule has 2 rings (SSSR count). The Labute approximate surface area is 146 Å². The van der Waals surface area contributed by atoms with Crippen LogP contribution in [-0.4, -0.2) is 68.7 Å². The molecule has 1 N–H and O–H groups in total. The molecule has 0 aromatic heterocycles. The number of para-hydroxylation sites is 1. The van der Waals surface area contributed by atoms with Crippen molar-refractivity contribution < 1.29 is 28.6 Å². The molecule has 25 heavy (non-hydrogen) atoms. The van der Waals surface area contributed by atoms with Crippen molar-refractivity contribution in [2.24, 2.45) is 0 Å². The van der Waals surface area contributed by atoms with Crippen molar-refractivity contribution >= 4 is 17.8 Å². The number of rotatable bonds is 7. The molecule has 136 valence electrons. The van der Waals surface area contributed by atoms with Crippen LogP contribution in [0.2, 0.25) is 0 Å². The quantitative estimate of drug-likeness (QED) is 0.707. The standard InChI is InChI=1S/C17H22N2O6/c1-2-24-14-6-4-3-5-13(14)17(22)18-11-16(21)25-12-15(20)19-7-9-23-10-8-19/h3-6H,2,7-12H2,1H3,(H,18,22). The van der Waals surface area contributed by atoms with Gasteiger partial charge in [-0.15, -0.1) is 0 Å². The van der Waals surface area contributed by atoms with Crippen LogP contribution in [0, 0.1) is 0 Å². The monoisotopic (exact) mass is 350 g/mol. The Balaban J connectivity index is 1.76. The maximum atomic E-state index is 12.1. The van der Waals surface area contributed by atoms with Gasteiger partial charge in [-0.05, 0) is 19.1 Å². The van der Waals surface area contributed by atoms with Crippen LogP contribution in [0.15, 0.2) is 24.3 Å². The number of carbonyl (C=O) groups is 3. The minimum absolute atomic E-state index is 0.273. The fourth-order valence-electron chi connectivity index (χ4n) is 2.28. The molecule has 0 atom stereocenters. The van der Waals surface area contributed by atoms with E-state index in [1.54, 1.807) is 29.2 Å².